The predicted octanol–water partition coefficient (Wildman–Crippen LogP) is 2.99. The highest BCUT2D eigenvalue weighted by atomic mass is 16.5. The minimum absolute atomic E-state index is 0.0764. The van der Waals surface area contributed by atoms with Crippen molar-refractivity contribution in [2.75, 3.05) is 6.61 Å². The van der Waals surface area contributed by atoms with E-state index in [2.05, 4.69) is 27.7 Å². The monoisotopic (exact) mass is 202 g/mol. The van der Waals surface area contributed by atoms with E-state index in [-0.39, 0.29) is 11.7 Å². The van der Waals surface area contributed by atoms with Gasteiger partial charge in [-0.3, -0.25) is 0 Å². The molecule has 0 saturated heterocycles. The van der Waals surface area contributed by atoms with Gasteiger partial charge < -0.3 is 9.84 Å². The van der Waals surface area contributed by atoms with E-state index in [1.54, 1.807) is 6.92 Å². The van der Waals surface area contributed by atoms with Gasteiger partial charge in [-0.1, -0.05) is 33.6 Å². The van der Waals surface area contributed by atoms with Crippen molar-refractivity contribution in [3.8, 4) is 0 Å². The first-order chi connectivity index (χ1) is 6.42. The molecule has 0 bridgehead atoms. The Labute approximate surface area is 88.7 Å². The molecule has 2 heteroatoms. The zero-order valence-electron chi connectivity index (χ0n) is 10.3. The summed E-state index contributed by atoms with van der Waals surface area (Å²) in [7, 11) is 0. The van der Waals surface area contributed by atoms with Crippen LogP contribution in [0.1, 0.15) is 53.9 Å². The molecule has 0 aromatic rings. The molecular formula is C12H26O2. The summed E-state index contributed by atoms with van der Waals surface area (Å²) in [6.45, 7) is 10.9. The standard InChI is InChI=1S/C12H26O2/c1-6-7-8-12(5,10(2)3)14-9-11(4)13/h10-11,13H,6-9H2,1-5H3. The predicted molar refractivity (Wildman–Crippen MR) is 60.4 cm³/mol. The second-order valence-corrected chi connectivity index (χ2v) is 4.73. The molecule has 86 valence electrons. The van der Waals surface area contributed by atoms with Crippen LogP contribution in [0.5, 0.6) is 0 Å². The normalized spacial score (nSPS) is 18.2. The summed E-state index contributed by atoms with van der Waals surface area (Å²) in [5.41, 5.74) is -0.0764. The zero-order chi connectivity index (χ0) is 11.2. The molecule has 0 rings (SSSR count). The first-order valence-electron chi connectivity index (χ1n) is 5.74. The van der Waals surface area contributed by atoms with Crippen LogP contribution in [0.4, 0.5) is 0 Å². The molecule has 1 N–H and O–H groups in total. The van der Waals surface area contributed by atoms with Crippen molar-refractivity contribution in [2.45, 2.75) is 65.6 Å². The molecule has 0 aliphatic rings. The molecule has 0 saturated carbocycles. The van der Waals surface area contributed by atoms with Crippen LogP contribution in [0.2, 0.25) is 0 Å². The Balaban J connectivity index is 4.10. The molecule has 0 radical (unpaired) electrons. The Hall–Kier alpha value is -0.0800. The van der Waals surface area contributed by atoms with E-state index in [1.165, 1.54) is 12.8 Å². The lowest BCUT2D eigenvalue weighted by molar-refractivity contribution is -0.0968. The smallest absolute Gasteiger partial charge is 0.0745 e. The summed E-state index contributed by atoms with van der Waals surface area (Å²) in [6.07, 6.45) is 3.10. The van der Waals surface area contributed by atoms with Gasteiger partial charge in [0.25, 0.3) is 0 Å². The maximum atomic E-state index is 9.20. The van der Waals surface area contributed by atoms with Crippen LogP contribution in [0.15, 0.2) is 0 Å². The van der Waals surface area contributed by atoms with Crippen LogP contribution in [0, 0.1) is 5.92 Å². The Morgan fingerprint density at radius 1 is 1.29 bits per heavy atom. The highest BCUT2D eigenvalue weighted by molar-refractivity contribution is 4.79. The summed E-state index contributed by atoms with van der Waals surface area (Å²) in [4.78, 5) is 0. The lowest BCUT2D eigenvalue weighted by Crippen LogP contribution is -2.37. The van der Waals surface area contributed by atoms with Crippen LogP contribution in [-0.4, -0.2) is 23.4 Å². The summed E-state index contributed by atoms with van der Waals surface area (Å²) < 4.78 is 5.80. The molecular weight excluding hydrogens is 176 g/mol. The van der Waals surface area contributed by atoms with Crippen molar-refractivity contribution in [3.05, 3.63) is 0 Å². The van der Waals surface area contributed by atoms with Crippen LogP contribution < -0.4 is 0 Å². The van der Waals surface area contributed by atoms with Crippen molar-refractivity contribution < 1.29 is 9.84 Å². The Bertz CT molecular complexity index is 143. The molecule has 2 unspecified atom stereocenters. The van der Waals surface area contributed by atoms with Gasteiger partial charge in [-0.2, -0.15) is 0 Å². The summed E-state index contributed by atoms with van der Waals surface area (Å²) in [5, 5.41) is 9.20. The first kappa shape index (κ1) is 13.9. The van der Waals surface area contributed by atoms with Crippen molar-refractivity contribution >= 4 is 0 Å². The number of rotatable bonds is 7. The van der Waals surface area contributed by atoms with Crippen molar-refractivity contribution in [2.24, 2.45) is 5.92 Å². The number of unbranched alkanes of at least 4 members (excludes halogenated alkanes) is 1. The molecule has 0 aromatic heterocycles. The van der Waals surface area contributed by atoms with Gasteiger partial charge in [-0.15, -0.1) is 0 Å². The molecule has 0 aliphatic carbocycles. The zero-order valence-corrected chi connectivity index (χ0v) is 10.3. The van der Waals surface area contributed by atoms with E-state index in [9.17, 15) is 5.11 Å². The fourth-order valence-electron chi connectivity index (χ4n) is 1.37. The molecule has 0 aliphatic heterocycles. The van der Waals surface area contributed by atoms with E-state index < -0.39 is 0 Å². The maximum Gasteiger partial charge on any atom is 0.0745 e. The third-order valence-electron chi connectivity index (χ3n) is 2.90. The molecule has 0 heterocycles. The summed E-state index contributed by atoms with van der Waals surface area (Å²) in [6, 6.07) is 0. The fourth-order valence-corrected chi connectivity index (χ4v) is 1.37. The fraction of sp³-hybridized carbons (Fsp3) is 1.00. The van der Waals surface area contributed by atoms with Gasteiger partial charge in [0.2, 0.25) is 0 Å². The molecule has 14 heavy (non-hydrogen) atoms. The highest BCUT2D eigenvalue weighted by Gasteiger charge is 2.28. The van der Waals surface area contributed by atoms with Crippen LogP contribution in [0.25, 0.3) is 0 Å². The van der Waals surface area contributed by atoms with E-state index in [0.717, 1.165) is 6.42 Å². The molecule has 0 amide bonds. The largest absolute Gasteiger partial charge is 0.391 e. The Kier molecular flexibility index (Phi) is 6.38. The van der Waals surface area contributed by atoms with Gasteiger partial charge in [-0.05, 0) is 26.2 Å². The first-order valence-corrected chi connectivity index (χ1v) is 5.74. The van der Waals surface area contributed by atoms with Gasteiger partial charge >= 0.3 is 0 Å². The number of aliphatic hydroxyl groups excluding tert-OH is 1. The number of hydrogen-bond donors (Lipinski definition) is 1. The van der Waals surface area contributed by atoms with Crippen molar-refractivity contribution in [1.29, 1.82) is 0 Å². The molecule has 0 aromatic carbocycles. The second kappa shape index (κ2) is 6.41. The molecule has 0 spiro atoms. The average molecular weight is 202 g/mol. The third kappa shape index (κ3) is 4.97. The van der Waals surface area contributed by atoms with Gasteiger partial charge in [0.05, 0.1) is 18.3 Å². The van der Waals surface area contributed by atoms with E-state index in [0.29, 0.717) is 12.5 Å². The average Bonchev–Trinajstić information content (AvgIpc) is 2.11. The lowest BCUT2D eigenvalue weighted by Gasteiger charge is -2.34. The number of hydrogen-bond acceptors (Lipinski definition) is 2. The SMILES string of the molecule is CCCCC(C)(OCC(C)O)C(C)C. The van der Waals surface area contributed by atoms with Gasteiger partial charge in [-0.25, -0.2) is 0 Å². The van der Waals surface area contributed by atoms with Crippen LogP contribution in [-0.2, 0) is 4.74 Å². The minimum atomic E-state index is -0.366. The summed E-state index contributed by atoms with van der Waals surface area (Å²) >= 11 is 0. The van der Waals surface area contributed by atoms with Gasteiger partial charge in [0.1, 0.15) is 0 Å². The quantitative estimate of drug-likeness (QED) is 0.687. The second-order valence-electron chi connectivity index (χ2n) is 4.73. The van der Waals surface area contributed by atoms with E-state index in [4.69, 9.17) is 4.74 Å². The van der Waals surface area contributed by atoms with Crippen LogP contribution in [0.3, 0.4) is 0 Å². The third-order valence-corrected chi connectivity index (χ3v) is 2.90. The highest BCUT2D eigenvalue weighted by Crippen LogP contribution is 2.27. The number of ether oxygens (including phenoxy) is 1. The van der Waals surface area contributed by atoms with Crippen molar-refractivity contribution in [3.63, 3.8) is 0 Å². The molecule has 0 fully saturated rings. The molecule has 2 nitrogen and oxygen atoms in total. The minimum Gasteiger partial charge on any atom is -0.391 e. The Morgan fingerprint density at radius 3 is 2.21 bits per heavy atom. The molecule has 2 atom stereocenters. The van der Waals surface area contributed by atoms with Crippen LogP contribution >= 0.6 is 0 Å². The van der Waals surface area contributed by atoms with Gasteiger partial charge in [0.15, 0.2) is 0 Å². The lowest BCUT2D eigenvalue weighted by atomic mass is 9.87. The summed E-state index contributed by atoms with van der Waals surface area (Å²) in [5.74, 6) is 0.493. The topological polar surface area (TPSA) is 29.5 Å². The number of aliphatic hydroxyl groups is 1. The maximum absolute atomic E-state index is 9.20. The van der Waals surface area contributed by atoms with Gasteiger partial charge in [0, 0.05) is 0 Å². The van der Waals surface area contributed by atoms with Crippen molar-refractivity contribution in [1.82, 2.24) is 0 Å². The van der Waals surface area contributed by atoms with E-state index in [1.807, 2.05) is 0 Å². The Morgan fingerprint density at radius 2 is 1.86 bits per heavy atom. The van der Waals surface area contributed by atoms with E-state index >= 15 is 0 Å².